The zero-order valence-electron chi connectivity index (χ0n) is 12.9. The van der Waals surface area contributed by atoms with Gasteiger partial charge in [0.15, 0.2) is 0 Å². The maximum absolute atomic E-state index is 11.9. The fourth-order valence-electron chi connectivity index (χ4n) is 1.93. The minimum Gasteiger partial charge on any atom is -0.497 e. The van der Waals surface area contributed by atoms with Crippen LogP contribution in [0.25, 0.3) is 0 Å². The Morgan fingerprint density at radius 2 is 2.32 bits per heavy atom. The highest BCUT2D eigenvalue weighted by Gasteiger charge is 2.12. The minimum absolute atomic E-state index is 0.122. The molecular formula is C16H21N3O3. The van der Waals surface area contributed by atoms with Gasteiger partial charge in [0, 0.05) is 25.5 Å². The summed E-state index contributed by atoms with van der Waals surface area (Å²) in [5.74, 6) is 0.654. The summed E-state index contributed by atoms with van der Waals surface area (Å²) < 4.78 is 12.7. The normalized spacial score (nSPS) is 11.9. The number of aromatic nitrogens is 2. The second-order valence-electron chi connectivity index (χ2n) is 4.90. The van der Waals surface area contributed by atoms with Gasteiger partial charge in [0.05, 0.1) is 20.0 Å². The Morgan fingerprint density at radius 1 is 1.45 bits per heavy atom. The van der Waals surface area contributed by atoms with Crippen molar-refractivity contribution in [1.29, 1.82) is 0 Å². The van der Waals surface area contributed by atoms with Crippen LogP contribution in [0.15, 0.2) is 43.0 Å². The molecule has 0 saturated heterocycles. The van der Waals surface area contributed by atoms with Gasteiger partial charge in [0.25, 0.3) is 0 Å². The molecular weight excluding hydrogens is 282 g/mol. The number of methoxy groups -OCH3 is 1. The van der Waals surface area contributed by atoms with Crippen LogP contribution in [0.4, 0.5) is 0 Å². The molecule has 1 N–H and O–H groups in total. The highest BCUT2D eigenvalue weighted by molar-refractivity contribution is 5.80. The van der Waals surface area contributed by atoms with Gasteiger partial charge in [-0.05, 0) is 24.6 Å². The first kappa shape index (κ1) is 16.0. The molecule has 1 aromatic heterocycles. The lowest BCUT2D eigenvalue weighted by Crippen LogP contribution is -2.36. The van der Waals surface area contributed by atoms with Crippen LogP contribution in [0.3, 0.4) is 0 Å². The lowest BCUT2D eigenvalue weighted by molar-refractivity contribution is -0.132. The number of nitrogens with zero attached hydrogens (tertiary/aromatic N) is 2. The van der Waals surface area contributed by atoms with Crippen LogP contribution in [0.2, 0.25) is 0 Å². The molecule has 22 heavy (non-hydrogen) atoms. The van der Waals surface area contributed by atoms with Gasteiger partial charge >= 0.3 is 0 Å². The SMILES string of the molecule is COc1cccc(COC(C)C(=O)NCCn2ccnc2)c1. The minimum atomic E-state index is -0.506. The summed E-state index contributed by atoms with van der Waals surface area (Å²) in [5, 5.41) is 2.84. The van der Waals surface area contributed by atoms with Crippen LogP contribution in [-0.2, 0) is 22.7 Å². The first-order valence-corrected chi connectivity index (χ1v) is 7.17. The Hall–Kier alpha value is -2.34. The van der Waals surface area contributed by atoms with Gasteiger partial charge < -0.3 is 19.4 Å². The Balaban J connectivity index is 1.71. The molecule has 1 heterocycles. The molecule has 1 aromatic carbocycles. The van der Waals surface area contributed by atoms with Crippen LogP contribution in [0.5, 0.6) is 5.75 Å². The first-order valence-electron chi connectivity index (χ1n) is 7.17. The number of imidazole rings is 1. The van der Waals surface area contributed by atoms with Crippen molar-refractivity contribution >= 4 is 5.91 Å². The van der Waals surface area contributed by atoms with Gasteiger partial charge in [-0.15, -0.1) is 0 Å². The number of hydrogen-bond donors (Lipinski definition) is 1. The quantitative estimate of drug-likeness (QED) is 0.804. The molecule has 1 amide bonds. The van der Waals surface area contributed by atoms with Crippen molar-refractivity contribution in [2.45, 2.75) is 26.2 Å². The second-order valence-corrected chi connectivity index (χ2v) is 4.90. The van der Waals surface area contributed by atoms with Gasteiger partial charge in [0.1, 0.15) is 11.9 Å². The van der Waals surface area contributed by atoms with Crippen LogP contribution in [0, 0.1) is 0 Å². The van der Waals surface area contributed by atoms with Crippen molar-refractivity contribution in [2.24, 2.45) is 0 Å². The molecule has 0 bridgehead atoms. The van der Waals surface area contributed by atoms with E-state index >= 15 is 0 Å². The fourth-order valence-corrected chi connectivity index (χ4v) is 1.93. The van der Waals surface area contributed by atoms with E-state index in [0.29, 0.717) is 19.7 Å². The van der Waals surface area contributed by atoms with Crippen molar-refractivity contribution in [2.75, 3.05) is 13.7 Å². The van der Waals surface area contributed by atoms with Crippen LogP contribution in [0.1, 0.15) is 12.5 Å². The standard InChI is InChI=1S/C16H21N3O3/c1-13(16(20)18-7-9-19-8-6-17-12-19)22-11-14-4-3-5-15(10-14)21-2/h3-6,8,10,12-13H,7,9,11H2,1-2H3,(H,18,20). The zero-order chi connectivity index (χ0) is 15.8. The Labute approximate surface area is 130 Å². The van der Waals surface area contributed by atoms with E-state index in [9.17, 15) is 4.79 Å². The van der Waals surface area contributed by atoms with E-state index in [2.05, 4.69) is 10.3 Å². The Morgan fingerprint density at radius 3 is 3.05 bits per heavy atom. The molecule has 0 fully saturated rings. The summed E-state index contributed by atoms with van der Waals surface area (Å²) in [6.07, 6.45) is 4.78. The number of hydrogen-bond acceptors (Lipinski definition) is 4. The summed E-state index contributed by atoms with van der Waals surface area (Å²) in [5.41, 5.74) is 0.970. The van der Waals surface area contributed by atoms with E-state index in [1.807, 2.05) is 35.0 Å². The van der Waals surface area contributed by atoms with E-state index in [0.717, 1.165) is 11.3 Å². The topological polar surface area (TPSA) is 65.4 Å². The molecule has 0 aliphatic carbocycles. The number of nitrogens with one attached hydrogen (secondary N) is 1. The predicted octanol–water partition coefficient (Wildman–Crippen LogP) is 1.61. The number of benzene rings is 1. The molecule has 1 atom stereocenters. The van der Waals surface area contributed by atoms with E-state index in [1.165, 1.54) is 0 Å². The zero-order valence-corrected chi connectivity index (χ0v) is 12.9. The summed E-state index contributed by atoms with van der Waals surface area (Å²) in [6, 6.07) is 7.60. The molecule has 118 valence electrons. The number of amides is 1. The number of carbonyl (C=O) groups excluding carboxylic acids is 1. The molecule has 2 aromatic rings. The van der Waals surface area contributed by atoms with Gasteiger partial charge in [-0.3, -0.25) is 4.79 Å². The van der Waals surface area contributed by atoms with Gasteiger partial charge in [-0.1, -0.05) is 12.1 Å². The Kier molecular flexibility index (Phi) is 5.97. The highest BCUT2D eigenvalue weighted by Crippen LogP contribution is 2.13. The largest absolute Gasteiger partial charge is 0.497 e. The van der Waals surface area contributed by atoms with Crippen molar-refractivity contribution in [3.05, 3.63) is 48.5 Å². The first-order chi connectivity index (χ1) is 10.7. The molecule has 0 saturated carbocycles. The third kappa shape index (κ3) is 4.89. The van der Waals surface area contributed by atoms with E-state index in [-0.39, 0.29) is 5.91 Å². The summed E-state index contributed by atoms with van der Waals surface area (Å²) in [4.78, 5) is 15.9. The molecule has 0 aliphatic heterocycles. The fraction of sp³-hybridized carbons (Fsp3) is 0.375. The number of carbonyl (C=O) groups is 1. The molecule has 0 radical (unpaired) electrons. The van der Waals surface area contributed by atoms with Gasteiger partial charge in [0.2, 0.25) is 5.91 Å². The average molecular weight is 303 g/mol. The third-order valence-electron chi connectivity index (χ3n) is 3.23. The lowest BCUT2D eigenvalue weighted by Gasteiger charge is -2.14. The van der Waals surface area contributed by atoms with Crippen molar-refractivity contribution in [1.82, 2.24) is 14.9 Å². The number of rotatable bonds is 8. The second kappa shape index (κ2) is 8.19. The Bertz CT molecular complexity index is 584. The van der Waals surface area contributed by atoms with E-state index < -0.39 is 6.10 Å². The maximum atomic E-state index is 11.9. The van der Waals surface area contributed by atoms with Crippen LogP contribution >= 0.6 is 0 Å². The van der Waals surface area contributed by atoms with Gasteiger partial charge in [-0.2, -0.15) is 0 Å². The molecule has 1 unspecified atom stereocenters. The van der Waals surface area contributed by atoms with Crippen molar-refractivity contribution in [3.8, 4) is 5.75 Å². The maximum Gasteiger partial charge on any atom is 0.248 e. The summed E-state index contributed by atoms with van der Waals surface area (Å²) in [7, 11) is 1.62. The molecule has 6 heteroatoms. The van der Waals surface area contributed by atoms with Crippen molar-refractivity contribution < 1.29 is 14.3 Å². The van der Waals surface area contributed by atoms with Crippen LogP contribution in [-0.4, -0.2) is 35.2 Å². The monoisotopic (exact) mass is 303 g/mol. The summed E-state index contributed by atoms with van der Waals surface area (Å²) >= 11 is 0. The number of ether oxygens (including phenoxy) is 2. The van der Waals surface area contributed by atoms with E-state index in [4.69, 9.17) is 9.47 Å². The van der Waals surface area contributed by atoms with Crippen LogP contribution < -0.4 is 10.1 Å². The van der Waals surface area contributed by atoms with Crippen molar-refractivity contribution in [3.63, 3.8) is 0 Å². The summed E-state index contributed by atoms with van der Waals surface area (Å²) in [6.45, 7) is 3.34. The third-order valence-corrected chi connectivity index (χ3v) is 3.23. The van der Waals surface area contributed by atoms with E-state index in [1.54, 1.807) is 26.6 Å². The molecule has 2 rings (SSSR count). The molecule has 0 aliphatic rings. The predicted molar refractivity (Wildman–Crippen MR) is 82.5 cm³/mol. The average Bonchev–Trinajstić information content (AvgIpc) is 3.06. The smallest absolute Gasteiger partial charge is 0.248 e. The lowest BCUT2D eigenvalue weighted by atomic mass is 10.2. The highest BCUT2D eigenvalue weighted by atomic mass is 16.5. The molecule has 6 nitrogen and oxygen atoms in total. The molecule has 0 spiro atoms. The van der Waals surface area contributed by atoms with Gasteiger partial charge in [-0.25, -0.2) is 4.98 Å².